The highest BCUT2D eigenvalue weighted by molar-refractivity contribution is 9.10. The number of nitrogens with zero attached hydrogens (tertiary/aromatic N) is 1. The maximum absolute atomic E-state index is 11.9. The summed E-state index contributed by atoms with van der Waals surface area (Å²) in [6.07, 6.45) is -0.00529. The SMILES string of the molecule is CC(C)C(=O)Nc1nc(CC(=O)NNC(=O)c2ccc(Br)cc2)cs1. The highest BCUT2D eigenvalue weighted by atomic mass is 79.9. The van der Waals surface area contributed by atoms with Gasteiger partial charge in [-0.2, -0.15) is 0 Å². The molecule has 0 unspecified atom stereocenters. The molecule has 2 aromatic rings. The van der Waals surface area contributed by atoms with Gasteiger partial charge in [0.15, 0.2) is 5.13 Å². The normalized spacial score (nSPS) is 10.4. The Hall–Kier alpha value is -2.26. The van der Waals surface area contributed by atoms with Crippen molar-refractivity contribution in [1.29, 1.82) is 0 Å². The number of amides is 3. The highest BCUT2D eigenvalue weighted by Crippen LogP contribution is 2.16. The molecule has 9 heteroatoms. The van der Waals surface area contributed by atoms with E-state index in [1.807, 2.05) is 0 Å². The van der Waals surface area contributed by atoms with Gasteiger partial charge >= 0.3 is 0 Å². The molecule has 7 nitrogen and oxygen atoms in total. The molecule has 0 saturated heterocycles. The second kappa shape index (κ2) is 8.72. The van der Waals surface area contributed by atoms with Crippen molar-refractivity contribution >= 4 is 50.1 Å². The average molecular weight is 425 g/mol. The van der Waals surface area contributed by atoms with Crippen LogP contribution in [0, 0.1) is 5.92 Å². The maximum atomic E-state index is 11.9. The highest BCUT2D eigenvalue weighted by Gasteiger charge is 2.12. The summed E-state index contributed by atoms with van der Waals surface area (Å²) in [6.45, 7) is 3.57. The van der Waals surface area contributed by atoms with Crippen molar-refractivity contribution in [2.24, 2.45) is 5.92 Å². The van der Waals surface area contributed by atoms with E-state index in [9.17, 15) is 14.4 Å². The third-order valence-electron chi connectivity index (χ3n) is 3.07. The molecule has 0 fully saturated rings. The van der Waals surface area contributed by atoms with E-state index in [-0.39, 0.29) is 18.2 Å². The van der Waals surface area contributed by atoms with Crippen molar-refractivity contribution in [3.63, 3.8) is 0 Å². The summed E-state index contributed by atoms with van der Waals surface area (Å²) in [4.78, 5) is 39.6. The molecule has 0 spiro atoms. The van der Waals surface area contributed by atoms with Gasteiger partial charge in [0, 0.05) is 21.3 Å². The first-order valence-electron chi connectivity index (χ1n) is 7.45. The Morgan fingerprint density at radius 3 is 2.48 bits per heavy atom. The number of benzene rings is 1. The first kappa shape index (κ1) is 19.1. The number of hydrogen-bond donors (Lipinski definition) is 3. The number of carbonyl (C=O) groups excluding carboxylic acids is 3. The predicted octanol–water partition coefficient (Wildman–Crippen LogP) is 2.50. The Morgan fingerprint density at radius 1 is 1.16 bits per heavy atom. The summed E-state index contributed by atoms with van der Waals surface area (Å²) < 4.78 is 0.858. The lowest BCUT2D eigenvalue weighted by Crippen LogP contribution is -2.42. The van der Waals surface area contributed by atoms with Crippen LogP contribution in [-0.2, 0) is 16.0 Å². The van der Waals surface area contributed by atoms with Crippen molar-refractivity contribution < 1.29 is 14.4 Å². The molecule has 0 aliphatic heterocycles. The molecule has 2 rings (SSSR count). The van der Waals surface area contributed by atoms with Crippen LogP contribution in [0.25, 0.3) is 0 Å². The Morgan fingerprint density at radius 2 is 1.84 bits per heavy atom. The summed E-state index contributed by atoms with van der Waals surface area (Å²) in [5, 5.41) is 4.81. The molecular weight excluding hydrogens is 408 g/mol. The Labute approximate surface area is 157 Å². The van der Waals surface area contributed by atoms with Crippen LogP contribution in [0.15, 0.2) is 34.1 Å². The topological polar surface area (TPSA) is 100 Å². The number of carbonyl (C=O) groups is 3. The zero-order valence-electron chi connectivity index (χ0n) is 13.6. The molecule has 0 aliphatic carbocycles. The quantitative estimate of drug-likeness (QED) is 0.641. The van der Waals surface area contributed by atoms with Gasteiger partial charge in [-0.05, 0) is 24.3 Å². The van der Waals surface area contributed by atoms with E-state index in [2.05, 4.69) is 37.1 Å². The second-order valence-electron chi connectivity index (χ2n) is 5.47. The molecule has 1 aromatic heterocycles. The minimum absolute atomic E-state index is 0.00529. The van der Waals surface area contributed by atoms with E-state index in [1.165, 1.54) is 11.3 Å². The first-order valence-corrected chi connectivity index (χ1v) is 9.12. The van der Waals surface area contributed by atoms with Gasteiger partial charge in [-0.15, -0.1) is 11.3 Å². The lowest BCUT2D eigenvalue weighted by Gasteiger charge is -2.06. The number of hydrogen-bond acceptors (Lipinski definition) is 5. The van der Waals surface area contributed by atoms with Crippen LogP contribution in [0.1, 0.15) is 29.9 Å². The van der Waals surface area contributed by atoms with E-state index in [0.29, 0.717) is 16.4 Å². The van der Waals surface area contributed by atoms with E-state index in [0.717, 1.165) is 4.47 Å². The van der Waals surface area contributed by atoms with Crippen molar-refractivity contribution in [2.45, 2.75) is 20.3 Å². The fraction of sp³-hybridized carbons (Fsp3) is 0.250. The molecule has 25 heavy (non-hydrogen) atoms. The number of rotatable bonds is 5. The van der Waals surface area contributed by atoms with Crippen molar-refractivity contribution in [3.05, 3.63) is 45.4 Å². The summed E-state index contributed by atoms with van der Waals surface area (Å²) in [5.74, 6) is -1.10. The van der Waals surface area contributed by atoms with Gasteiger partial charge in [-0.3, -0.25) is 25.2 Å². The van der Waals surface area contributed by atoms with Crippen LogP contribution < -0.4 is 16.2 Å². The van der Waals surface area contributed by atoms with Crippen LogP contribution in [0.5, 0.6) is 0 Å². The van der Waals surface area contributed by atoms with E-state index >= 15 is 0 Å². The zero-order valence-corrected chi connectivity index (χ0v) is 16.0. The van der Waals surface area contributed by atoms with Gasteiger partial charge in [-0.25, -0.2) is 4.98 Å². The van der Waals surface area contributed by atoms with E-state index in [1.54, 1.807) is 43.5 Å². The Balaban J connectivity index is 1.82. The fourth-order valence-electron chi connectivity index (χ4n) is 1.70. The number of aromatic nitrogens is 1. The minimum Gasteiger partial charge on any atom is -0.302 e. The largest absolute Gasteiger partial charge is 0.302 e. The second-order valence-corrected chi connectivity index (χ2v) is 7.25. The van der Waals surface area contributed by atoms with Crippen LogP contribution in [-0.4, -0.2) is 22.7 Å². The van der Waals surface area contributed by atoms with E-state index < -0.39 is 11.8 Å². The molecule has 132 valence electrons. The van der Waals surface area contributed by atoms with Gasteiger partial charge in [0.1, 0.15) is 0 Å². The number of halogens is 1. The van der Waals surface area contributed by atoms with Crippen LogP contribution in [0.3, 0.4) is 0 Å². The fourth-order valence-corrected chi connectivity index (χ4v) is 2.68. The number of hydrazine groups is 1. The first-order chi connectivity index (χ1) is 11.8. The van der Waals surface area contributed by atoms with Crippen molar-refractivity contribution in [3.8, 4) is 0 Å². The van der Waals surface area contributed by atoms with Crippen molar-refractivity contribution in [2.75, 3.05) is 5.32 Å². The van der Waals surface area contributed by atoms with Gasteiger partial charge in [-0.1, -0.05) is 29.8 Å². The molecular formula is C16H17BrN4O3S. The lowest BCUT2D eigenvalue weighted by atomic mass is 10.2. The molecule has 1 heterocycles. The summed E-state index contributed by atoms with van der Waals surface area (Å²) in [7, 11) is 0. The minimum atomic E-state index is -0.413. The van der Waals surface area contributed by atoms with Gasteiger partial charge in [0.2, 0.25) is 11.8 Å². The van der Waals surface area contributed by atoms with Crippen LogP contribution in [0.2, 0.25) is 0 Å². The number of anilines is 1. The number of thiazole rings is 1. The summed E-state index contributed by atoms with van der Waals surface area (Å²) in [5.41, 5.74) is 5.62. The van der Waals surface area contributed by atoms with Crippen LogP contribution in [0.4, 0.5) is 5.13 Å². The number of nitrogens with one attached hydrogen (secondary N) is 3. The maximum Gasteiger partial charge on any atom is 0.269 e. The smallest absolute Gasteiger partial charge is 0.269 e. The Kier molecular flexibility index (Phi) is 6.65. The average Bonchev–Trinajstić information content (AvgIpc) is 3.00. The molecule has 0 radical (unpaired) electrons. The molecule has 0 bridgehead atoms. The predicted molar refractivity (Wildman–Crippen MR) is 99.0 cm³/mol. The van der Waals surface area contributed by atoms with Gasteiger partial charge < -0.3 is 5.32 Å². The lowest BCUT2D eigenvalue weighted by molar-refractivity contribution is -0.121. The van der Waals surface area contributed by atoms with Gasteiger partial charge in [0.05, 0.1) is 12.1 Å². The summed E-state index contributed by atoms with van der Waals surface area (Å²) in [6, 6.07) is 6.74. The van der Waals surface area contributed by atoms with Crippen LogP contribution >= 0.6 is 27.3 Å². The zero-order chi connectivity index (χ0) is 18.4. The van der Waals surface area contributed by atoms with Crippen molar-refractivity contribution in [1.82, 2.24) is 15.8 Å². The van der Waals surface area contributed by atoms with Gasteiger partial charge in [0.25, 0.3) is 5.91 Å². The molecule has 0 saturated carbocycles. The van der Waals surface area contributed by atoms with E-state index in [4.69, 9.17) is 0 Å². The molecule has 1 aromatic carbocycles. The molecule has 0 atom stereocenters. The molecule has 3 N–H and O–H groups in total. The molecule has 3 amide bonds. The molecule has 0 aliphatic rings. The summed E-state index contributed by atoms with van der Waals surface area (Å²) >= 11 is 4.53. The standard InChI is InChI=1S/C16H17BrN4O3S/c1-9(2)14(23)19-16-18-12(8-25-16)7-13(22)20-21-15(24)10-3-5-11(17)6-4-10/h3-6,8-9H,7H2,1-2H3,(H,20,22)(H,21,24)(H,18,19,23). The third kappa shape index (κ3) is 5.95. The third-order valence-corrected chi connectivity index (χ3v) is 4.40. The Bertz CT molecular complexity index is 774. The monoisotopic (exact) mass is 424 g/mol.